The number of carbonyl (C=O) groups is 2. The lowest BCUT2D eigenvalue weighted by molar-refractivity contribution is -0.167. The van der Waals surface area contributed by atoms with E-state index in [0.717, 1.165) is 7.11 Å². The standard InChI is InChI=1S/C10H18O5/c1-7(2)4-5-10(14,9(12)13)6-8(11)15-3/h7,14H,4-6H2,1-3H3,(H,12,13). The molecular weight excluding hydrogens is 200 g/mol. The first-order chi connectivity index (χ1) is 6.81. The molecule has 0 saturated heterocycles. The third kappa shape index (κ3) is 4.78. The van der Waals surface area contributed by atoms with Gasteiger partial charge in [0.15, 0.2) is 5.60 Å². The zero-order valence-corrected chi connectivity index (χ0v) is 9.32. The maximum Gasteiger partial charge on any atom is 0.336 e. The van der Waals surface area contributed by atoms with Gasteiger partial charge in [0.1, 0.15) is 0 Å². The van der Waals surface area contributed by atoms with Gasteiger partial charge >= 0.3 is 11.9 Å². The topological polar surface area (TPSA) is 83.8 Å². The summed E-state index contributed by atoms with van der Waals surface area (Å²) in [6.07, 6.45) is 0.0838. The summed E-state index contributed by atoms with van der Waals surface area (Å²) in [5.41, 5.74) is -2.00. The van der Waals surface area contributed by atoms with Gasteiger partial charge < -0.3 is 14.9 Å². The first-order valence-corrected chi connectivity index (χ1v) is 4.84. The van der Waals surface area contributed by atoms with E-state index in [1.54, 1.807) is 0 Å². The third-order valence-corrected chi connectivity index (χ3v) is 2.20. The number of ether oxygens (including phenoxy) is 1. The summed E-state index contributed by atoms with van der Waals surface area (Å²) in [6, 6.07) is 0. The predicted molar refractivity (Wildman–Crippen MR) is 53.3 cm³/mol. The van der Waals surface area contributed by atoms with E-state index in [0.29, 0.717) is 6.42 Å². The molecule has 0 aliphatic rings. The highest BCUT2D eigenvalue weighted by molar-refractivity contribution is 5.84. The average molecular weight is 218 g/mol. The molecular formula is C10H18O5. The molecule has 15 heavy (non-hydrogen) atoms. The fourth-order valence-electron chi connectivity index (χ4n) is 1.11. The highest BCUT2D eigenvalue weighted by Gasteiger charge is 2.38. The first-order valence-electron chi connectivity index (χ1n) is 4.84. The van der Waals surface area contributed by atoms with Crippen molar-refractivity contribution < 1.29 is 24.5 Å². The Balaban J connectivity index is 4.45. The van der Waals surface area contributed by atoms with Gasteiger partial charge in [-0.15, -0.1) is 0 Å². The van der Waals surface area contributed by atoms with E-state index in [1.165, 1.54) is 0 Å². The van der Waals surface area contributed by atoms with Crippen molar-refractivity contribution in [3.8, 4) is 0 Å². The highest BCUT2D eigenvalue weighted by Crippen LogP contribution is 2.21. The predicted octanol–water partition coefficient (Wildman–Crippen LogP) is 0.801. The molecule has 2 N–H and O–H groups in total. The van der Waals surface area contributed by atoms with Crippen molar-refractivity contribution in [2.24, 2.45) is 5.92 Å². The molecule has 1 atom stereocenters. The van der Waals surface area contributed by atoms with Crippen LogP contribution in [-0.4, -0.2) is 34.9 Å². The van der Waals surface area contributed by atoms with Crippen LogP contribution in [0.15, 0.2) is 0 Å². The number of hydrogen-bond donors (Lipinski definition) is 2. The molecule has 0 aromatic rings. The van der Waals surface area contributed by atoms with Gasteiger partial charge in [-0.1, -0.05) is 13.8 Å². The molecule has 0 radical (unpaired) electrons. The Kier molecular flexibility index (Phi) is 5.28. The van der Waals surface area contributed by atoms with E-state index in [-0.39, 0.29) is 12.3 Å². The van der Waals surface area contributed by atoms with Crippen molar-refractivity contribution in [2.45, 2.75) is 38.7 Å². The summed E-state index contributed by atoms with van der Waals surface area (Å²) >= 11 is 0. The van der Waals surface area contributed by atoms with E-state index in [4.69, 9.17) is 5.11 Å². The van der Waals surface area contributed by atoms with Crippen LogP contribution in [-0.2, 0) is 14.3 Å². The molecule has 0 heterocycles. The molecule has 5 nitrogen and oxygen atoms in total. The molecule has 0 rings (SSSR count). The number of carboxylic acid groups (broad SMARTS) is 1. The second-order valence-electron chi connectivity index (χ2n) is 4.02. The van der Waals surface area contributed by atoms with Crippen molar-refractivity contribution >= 4 is 11.9 Å². The lowest BCUT2D eigenvalue weighted by Crippen LogP contribution is -2.41. The smallest absolute Gasteiger partial charge is 0.336 e. The molecule has 88 valence electrons. The number of rotatable bonds is 6. The maximum atomic E-state index is 10.9. The van der Waals surface area contributed by atoms with Crippen molar-refractivity contribution in [3.63, 3.8) is 0 Å². The van der Waals surface area contributed by atoms with Crippen LogP contribution < -0.4 is 0 Å². The second kappa shape index (κ2) is 5.70. The molecule has 0 aliphatic heterocycles. The molecule has 0 bridgehead atoms. The van der Waals surface area contributed by atoms with E-state index < -0.39 is 24.0 Å². The van der Waals surface area contributed by atoms with Gasteiger partial charge in [0.25, 0.3) is 0 Å². The lowest BCUT2D eigenvalue weighted by Gasteiger charge is -2.22. The number of hydrogen-bond acceptors (Lipinski definition) is 4. The Bertz CT molecular complexity index is 236. The molecule has 5 heteroatoms. The van der Waals surface area contributed by atoms with Gasteiger partial charge in [0.2, 0.25) is 0 Å². The monoisotopic (exact) mass is 218 g/mol. The van der Waals surface area contributed by atoms with Crippen LogP contribution in [0.25, 0.3) is 0 Å². The Morgan fingerprint density at radius 2 is 1.93 bits per heavy atom. The van der Waals surface area contributed by atoms with Crippen molar-refractivity contribution in [2.75, 3.05) is 7.11 Å². The van der Waals surface area contributed by atoms with Gasteiger partial charge in [-0.3, -0.25) is 4.79 Å². The third-order valence-electron chi connectivity index (χ3n) is 2.20. The van der Waals surface area contributed by atoms with E-state index in [2.05, 4.69) is 4.74 Å². The number of aliphatic hydroxyl groups is 1. The van der Waals surface area contributed by atoms with Crippen LogP contribution in [0.1, 0.15) is 33.1 Å². The van der Waals surface area contributed by atoms with Gasteiger partial charge in [-0.25, -0.2) is 4.79 Å². The van der Waals surface area contributed by atoms with Crippen LogP contribution in [0.2, 0.25) is 0 Å². The van der Waals surface area contributed by atoms with Gasteiger partial charge in [-0.05, 0) is 18.8 Å². The van der Waals surface area contributed by atoms with Crippen LogP contribution in [0, 0.1) is 5.92 Å². The molecule has 0 saturated carbocycles. The van der Waals surface area contributed by atoms with Gasteiger partial charge in [0, 0.05) is 0 Å². The van der Waals surface area contributed by atoms with Gasteiger partial charge in [-0.2, -0.15) is 0 Å². The fraction of sp³-hybridized carbons (Fsp3) is 0.800. The minimum atomic E-state index is -2.00. The first kappa shape index (κ1) is 13.9. The molecule has 0 fully saturated rings. The Hall–Kier alpha value is -1.10. The fourth-order valence-corrected chi connectivity index (χ4v) is 1.11. The summed E-state index contributed by atoms with van der Waals surface area (Å²) in [5.74, 6) is -1.83. The molecule has 1 unspecified atom stereocenters. The summed E-state index contributed by atoms with van der Waals surface area (Å²) < 4.78 is 4.34. The summed E-state index contributed by atoms with van der Waals surface area (Å²) in [6.45, 7) is 3.83. The van der Waals surface area contributed by atoms with Gasteiger partial charge in [0.05, 0.1) is 13.5 Å². The van der Waals surface area contributed by atoms with Crippen LogP contribution >= 0.6 is 0 Å². The number of carbonyl (C=O) groups excluding carboxylic acids is 1. The van der Waals surface area contributed by atoms with Crippen molar-refractivity contribution in [3.05, 3.63) is 0 Å². The minimum Gasteiger partial charge on any atom is -0.479 e. The maximum absolute atomic E-state index is 10.9. The quantitative estimate of drug-likeness (QED) is 0.644. The number of esters is 1. The number of aliphatic carboxylic acids is 1. The normalized spacial score (nSPS) is 14.7. The SMILES string of the molecule is COC(=O)CC(O)(CCC(C)C)C(=O)O. The van der Waals surface area contributed by atoms with E-state index in [1.807, 2.05) is 13.8 Å². The molecule has 0 spiro atoms. The van der Waals surface area contributed by atoms with E-state index >= 15 is 0 Å². The Labute approximate surface area is 89.0 Å². The van der Waals surface area contributed by atoms with Crippen molar-refractivity contribution in [1.82, 2.24) is 0 Å². The highest BCUT2D eigenvalue weighted by atomic mass is 16.5. The molecule has 0 aliphatic carbocycles. The van der Waals surface area contributed by atoms with Crippen LogP contribution in [0.3, 0.4) is 0 Å². The van der Waals surface area contributed by atoms with Crippen molar-refractivity contribution in [1.29, 1.82) is 0 Å². The summed E-state index contributed by atoms with van der Waals surface area (Å²) in [4.78, 5) is 21.8. The largest absolute Gasteiger partial charge is 0.479 e. The van der Waals surface area contributed by atoms with Crippen LogP contribution in [0.5, 0.6) is 0 Å². The van der Waals surface area contributed by atoms with E-state index in [9.17, 15) is 14.7 Å². The average Bonchev–Trinajstić information content (AvgIpc) is 2.14. The Morgan fingerprint density at radius 3 is 2.27 bits per heavy atom. The number of carboxylic acids is 1. The molecule has 0 aromatic carbocycles. The summed E-state index contributed by atoms with van der Waals surface area (Å²) in [7, 11) is 1.16. The minimum absolute atomic E-state index is 0.0507. The lowest BCUT2D eigenvalue weighted by atomic mass is 9.90. The molecule has 0 aromatic heterocycles. The molecule has 0 amide bonds. The van der Waals surface area contributed by atoms with Crippen LogP contribution in [0.4, 0.5) is 0 Å². The zero-order chi connectivity index (χ0) is 12.1. The number of methoxy groups -OCH3 is 1. The second-order valence-corrected chi connectivity index (χ2v) is 4.02. The Morgan fingerprint density at radius 1 is 1.40 bits per heavy atom. The summed E-state index contributed by atoms with van der Waals surface area (Å²) in [5, 5.41) is 18.6. The zero-order valence-electron chi connectivity index (χ0n) is 9.32.